The van der Waals surface area contributed by atoms with Gasteiger partial charge in [-0.15, -0.1) is 12.4 Å². The van der Waals surface area contributed by atoms with Gasteiger partial charge in [-0.2, -0.15) is 0 Å². The van der Waals surface area contributed by atoms with Crippen LogP contribution in [0.2, 0.25) is 5.02 Å². The Labute approximate surface area is 105 Å². The quantitative estimate of drug-likeness (QED) is 0.853. The van der Waals surface area contributed by atoms with Gasteiger partial charge >= 0.3 is 0 Å². The first-order valence-corrected chi connectivity index (χ1v) is 5.49. The molecule has 0 aromatic carbocycles. The highest BCUT2D eigenvalue weighted by molar-refractivity contribution is 6.31. The Morgan fingerprint density at radius 3 is 3.06 bits per heavy atom. The molecule has 5 heteroatoms. The van der Waals surface area contributed by atoms with Gasteiger partial charge in [-0.25, -0.2) is 4.98 Å². The molecule has 0 radical (unpaired) electrons. The second-order valence-corrected chi connectivity index (χ2v) is 4.28. The van der Waals surface area contributed by atoms with Crippen molar-refractivity contribution in [3.05, 3.63) is 29.1 Å². The highest BCUT2D eigenvalue weighted by Crippen LogP contribution is 2.28. The summed E-state index contributed by atoms with van der Waals surface area (Å²) < 4.78 is 5.67. The van der Waals surface area contributed by atoms with Crippen molar-refractivity contribution < 1.29 is 4.42 Å². The number of aromatic nitrogens is 1. The van der Waals surface area contributed by atoms with E-state index in [9.17, 15) is 0 Å². The van der Waals surface area contributed by atoms with Crippen LogP contribution in [0.5, 0.6) is 0 Å². The van der Waals surface area contributed by atoms with E-state index in [1.807, 2.05) is 12.1 Å². The first-order valence-electron chi connectivity index (χ1n) is 5.11. The van der Waals surface area contributed by atoms with Gasteiger partial charge < -0.3 is 9.73 Å². The molecule has 86 valence electrons. The summed E-state index contributed by atoms with van der Waals surface area (Å²) >= 11 is 5.87. The highest BCUT2D eigenvalue weighted by atomic mass is 35.5. The molecule has 0 unspecified atom stereocenters. The monoisotopic (exact) mass is 258 g/mol. The van der Waals surface area contributed by atoms with Crippen molar-refractivity contribution in [3.63, 3.8) is 0 Å². The maximum absolute atomic E-state index is 5.87. The molecule has 2 aromatic rings. The molecule has 1 aliphatic heterocycles. The second kappa shape index (κ2) is 4.62. The number of pyridine rings is 1. The van der Waals surface area contributed by atoms with E-state index in [1.165, 1.54) is 6.42 Å². The Bertz CT molecular complexity index is 492. The van der Waals surface area contributed by atoms with Crippen molar-refractivity contribution in [3.8, 4) is 0 Å². The highest BCUT2D eigenvalue weighted by Gasteiger charge is 2.20. The topological polar surface area (TPSA) is 38.1 Å². The molecule has 16 heavy (non-hydrogen) atoms. The fourth-order valence-corrected chi connectivity index (χ4v) is 2.19. The van der Waals surface area contributed by atoms with Gasteiger partial charge in [-0.1, -0.05) is 11.6 Å². The van der Waals surface area contributed by atoms with Gasteiger partial charge in [0.2, 0.25) is 5.71 Å². The van der Waals surface area contributed by atoms with Crippen LogP contribution in [0.1, 0.15) is 24.6 Å². The Morgan fingerprint density at radius 1 is 1.44 bits per heavy atom. The van der Waals surface area contributed by atoms with Gasteiger partial charge in [0.25, 0.3) is 0 Å². The Hall–Kier alpha value is -0.770. The zero-order valence-corrected chi connectivity index (χ0v) is 10.1. The van der Waals surface area contributed by atoms with Crippen molar-refractivity contribution in [1.29, 1.82) is 0 Å². The molecule has 0 saturated carbocycles. The van der Waals surface area contributed by atoms with E-state index < -0.39 is 0 Å². The zero-order valence-electron chi connectivity index (χ0n) is 8.57. The van der Waals surface area contributed by atoms with Crippen LogP contribution in [-0.2, 0) is 0 Å². The number of nitrogens with zero attached hydrogens (tertiary/aromatic N) is 1. The molecule has 2 aromatic heterocycles. The molecular weight excluding hydrogens is 247 g/mol. The molecule has 0 aliphatic carbocycles. The van der Waals surface area contributed by atoms with Gasteiger partial charge in [-0.05, 0) is 31.5 Å². The molecule has 0 amide bonds. The number of halogens is 2. The van der Waals surface area contributed by atoms with Gasteiger partial charge in [0, 0.05) is 11.6 Å². The normalized spacial score (nSPS) is 19.9. The molecule has 1 N–H and O–H groups in total. The summed E-state index contributed by atoms with van der Waals surface area (Å²) in [5.41, 5.74) is 0.670. The summed E-state index contributed by atoms with van der Waals surface area (Å²) in [7, 11) is 0. The van der Waals surface area contributed by atoms with Crippen LogP contribution in [0.4, 0.5) is 0 Å². The molecule has 3 rings (SSSR count). The number of hydrogen-bond donors (Lipinski definition) is 1. The van der Waals surface area contributed by atoms with E-state index in [-0.39, 0.29) is 12.4 Å². The van der Waals surface area contributed by atoms with Crippen LogP contribution in [0, 0.1) is 0 Å². The Kier molecular flexibility index (Phi) is 3.38. The summed E-state index contributed by atoms with van der Waals surface area (Å²) in [6.45, 7) is 1.07. The minimum Gasteiger partial charge on any atom is -0.441 e. The fraction of sp³-hybridized carbons (Fsp3) is 0.364. The van der Waals surface area contributed by atoms with Crippen molar-refractivity contribution >= 4 is 35.1 Å². The first kappa shape index (κ1) is 11.7. The number of fused-ring (bicyclic) bond motifs is 1. The lowest BCUT2D eigenvalue weighted by molar-refractivity contribution is 0.465. The molecular formula is C11H12Cl2N2O. The van der Waals surface area contributed by atoms with E-state index in [1.54, 1.807) is 6.20 Å². The van der Waals surface area contributed by atoms with Crippen molar-refractivity contribution in [2.24, 2.45) is 0 Å². The van der Waals surface area contributed by atoms with Crippen LogP contribution < -0.4 is 5.32 Å². The molecule has 1 aliphatic rings. The predicted octanol–water partition coefficient (Wildman–Crippen LogP) is 3.33. The van der Waals surface area contributed by atoms with Crippen LogP contribution in [0.15, 0.2) is 22.7 Å². The second-order valence-electron chi connectivity index (χ2n) is 3.85. The first-order chi connectivity index (χ1) is 7.33. The molecule has 0 bridgehead atoms. The SMILES string of the molecule is Cl.Clc1cnc2oc([C@@H]3CCCN3)cc2c1. The van der Waals surface area contributed by atoms with Crippen molar-refractivity contribution in [2.45, 2.75) is 18.9 Å². The maximum atomic E-state index is 5.87. The van der Waals surface area contributed by atoms with Gasteiger partial charge in [0.1, 0.15) is 5.76 Å². The van der Waals surface area contributed by atoms with Gasteiger partial charge in [0.05, 0.1) is 11.1 Å². The summed E-state index contributed by atoms with van der Waals surface area (Å²) in [4.78, 5) is 4.15. The third-order valence-electron chi connectivity index (χ3n) is 2.76. The van der Waals surface area contributed by atoms with Crippen molar-refractivity contribution in [2.75, 3.05) is 6.54 Å². The lowest BCUT2D eigenvalue weighted by Gasteiger charge is -2.03. The van der Waals surface area contributed by atoms with E-state index in [0.29, 0.717) is 16.8 Å². The van der Waals surface area contributed by atoms with E-state index in [4.69, 9.17) is 16.0 Å². The van der Waals surface area contributed by atoms with E-state index >= 15 is 0 Å². The Morgan fingerprint density at radius 2 is 2.31 bits per heavy atom. The van der Waals surface area contributed by atoms with Gasteiger partial charge in [0.15, 0.2) is 0 Å². The third kappa shape index (κ3) is 2.03. The van der Waals surface area contributed by atoms with E-state index in [2.05, 4.69) is 10.3 Å². The minimum atomic E-state index is 0. The maximum Gasteiger partial charge on any atom is 0.226 e. The average Bonchev–Trinajstić information content (AvgIpc) is 2.84. The largest absolute Gasteiger partial charge is 0.441 e. The lowest BCUT2D eigenvalue weighted by atomic mass is 10.2. The van der Waals surface area contributed by atoms with Crippen LogP contribution >= 0.6 is 24.0 Å². The Balaban J connectivity index is 0.000000963. The molecule has 3 heterocycles. The molecule has 1 saturated heterocycles. The van der Waals surface area contributed by atoms with Crippen molar-refractivity contribution in [1.82, 2.24) is 10.3 Å². The average molecular weight is 259 g/mol. The summed E-state index contributed by atoms with van der Waals surface area (Å²) in [6, 6.07) is 4.25. The molecule has 0 spiro atoms. The predicted molar refractivity (Wildman–Crippen MR) is 66.2 cm³/mol. The summed E-state index contributed by atoms with van der Waals surface area (Å²) in [5.74, 6) is 0.970. The van der Waals surface area contributed by atoms with E-state index in [0.717, 1.165) is 24.1 Å². The van der Waals surface area contributed by atoms with Crippen LogP contribution in [-0.4, -0.2) is 11.5 Å². The molecule has 1 fully saturated rings. The fourth-order valence-electron chi connectivity index (χ4n) is 2.02. The summed E-state index contributed by atoms with van der Waals surface area (Å²) in [6.07, 6.45) is 3.95. The third-order valence-corrected chi connectivity index (χ3v) is 2.97. The number of hydrogen-bond acceptors (Lipinski definition) is 3. The summed E-state index contributed by atoms with van der Waals surface area (Å²) in [5, 5.41) is 5.02. The number of nitrogens with one attached hydrogen (secondary N) is 1. The number of rotatable bonds is 1. The standard InChI is InChI=1S/C11H11ClN2O.ClH/c12-8-4-7-5-10(9-2-1-3-13-9)15-11(7)14-6-8;/h4-6,9,13H,1-3H2;1H/t9-;/m0./s1. The molecule has 3 nitrogen and oxygen atoms in total. The van der Waals surface area contributed by atoms with Gasteiger partial charge in [-0.3, -0.25) is 0 Å². The molecule has 1 atom stereocenters. The minimum absolute atomic E-state index is 0. The number of furan rings is 1. The zero-order chi connectivity index (χ0) is 10.3. The van der Waals surface area contributed by atoms with Crippen LogP contribution in [0.25, 0.3) is 11.1 Å². The van der Waals surface area contributed by atoms with Crippen LogP contribution in [0.3, 0.4) is 0 Å². The lowest BCUT2D eigenvalue weighted by Crippen LogP contribution is -2.11. The smallest absolute Gasteiger partial charge is 0.226 e.